The molecule has 0 amide bonds. The summed E-state index contributed by atoms with van der Waals surface area (Å²) < 4.78 is 26.7. The Hall–Kier alpha value is -1.49. The average Bonchev–Trinajstić information content (AvgIpc) is 2.82. The van der Waals surface area contributed by atoms with E-state index in [1.54, 1.807) is 0 Å². The second-order valence-electron chi connectivity index (χ2n) is 4.62. The first-order valence-electron chi connectivity index (χ1n) is 6.09. The smallest absolute Gasteiger partial charge is 0.242 e. The molecule has 0 aromatic carbocycles. The molecule has 1 aromatic rings. The Morgan fingerprint density at radius 1 is 1.58 bits per heavy atom. The van der Waals surface area contributed by atoms with Crippen LogP contribution in [0.1, 0.15) is 18.5 Å². The molecule has 7 heteroatoms. The third-order valence-corrected chi connectivity index (χ3v) is 4.75. The number of likely N-dealkylation sites (tertiary alicyclic amines) is 1. The van der Waals surface area contributed by atoms with Crippen LogP contribution in [0.3, 0.4) is 0 Å². The molecule has 1 N–H and O–H groups in total. The van der Waals surface area contributed by atoms with Crippen molar-refractivity contribution in [3.63, 3.8) is 0 Å². The van der Waals surface area contributed by atoms with Crippen LogP contribution < -0.4 is 4.72 Å². The van der Waals surface area contributed by atoms with Crippen LogP contribution in [0.4, 0.5) is 0 Å². The van der Waals surface area contributed by atoms with Gasteiger partial charge in [0.1, 0.15) is 16.7 Å². The molecular weight excluding hydrogens is 264 g/mol. The first kappa shape index (κ1) is 13.9. The summed E-state index contributed by atoms with van der Waals surface area (Å²) in [5, 5.41) is 8.62. The normalized spacial score (nSPS) is 20.3. The largest absolute Gasteiger partial charge is 0.302 e. The fourth-order valence-electron chi connectivity index (χ4n) is 2.13. The van der Waals surface area contributed by atoms with Gasteiger partial charge >= 0.3 is 0 Å². The molecule has 1 unspecified atom stereocenters. The maximum absolute atomic E-state index is 12.0. The number of hydrogen-bond acceptors (Lipinski definition) is 5. The van der Waals surface area contributed by atoms with E-state index < -0.39 is 10.0 Å². The van der Waals surface area contributed by atoms with Gasteiger partial charge in [-0.1, -0.05) is 0 Å². The summed E-state index contributed by atoms with van der Waals surface area (Å²) in [4.78, 5) is 6.01. The zero-order valence-corrected chi connectivity index (χ0v) is 11.5. The van der Waals surface area contributed by atoms with Gasteiger partial charge in [0.05, 0.1) is 0 Å². The van der Waals surface area contributed by atoms with Gasteiger partial charge in [0.2, 0.25) is 10.0 Å². The zero-order chi connectivity index (χ0) is 13.9. The predicted octanol–water partition coefficient (Wildman–Crippen LogP) is 0.326. The Balaban J connectivity index is 2.03. The second kappa shape index (κ2) is 5.65. The van der Waals surface area contributed by atoms with Gasteiger partial charge < -0.3 is 4.90 Å². The summed E-state index contributed by atoms with van der Waals surface area (Å²) >= 11 is 0. The quantitative estimate of drug-likeness (QED) is 0.858. The van der Waals surface area contributed by atoms with Crippen LogP contribution in [0.2, 0.25) is 0 Å². The summed E-state index contributed by atoms with van der Waals surface area (Å²) in [6, 6.07) is 4.90. The molecule has 19 heavy (non-hydrogen) atoms. The molecule has 6 nitrogen and oxygen atoms in total. The lowest BCUT2D eigenvalue weighted by atomic mass is 10.2. The first-order chi connectivity index (χ1) is 9.03. The molecule has 2 heterocycles. The monoisotopic (exact) mass is 280 g/mol. The minimum Gasteiger partial charge on any atom is -0.302 e. The number of aromatic nitrogens is 1. The van der Waals surface area contributed by atoms with Crippen molar-refractivity contribution in [3.8, 4) is 6.07 Å². The van der Waals surface area contributed by atoms with E-state index in [0.29, 0.717) is 6.54 Å². The third kappa shape index (κ3) is 3.29. The number of nitrogens with one attached hydrogen (secondary N) is 1. The van der Waals surface area contributed by atoms with Crippen LogP contribution in [0.5, 0.6) is 0 Å². The highest BCUT2D eigenvalue weighted by Crippen LogP contribution is 2.15. The lowest BCUT2D eigenvalue weighted by molar-refractivity contribution is 0.311. The van der Waals surface area contributed by atoms with E-state index >= 15 is 0 Å². The van der Waals surface area contributed by atoms with E-state index in [2.05, 4.69) is 14.6 Å². The van der Waals surface area contributed by atoms with Crippen molar-refractivity contribution in [2.45, 2.75) is 23.8 Å². The van der Waals surface area contributed by atoms with Crippen molar-refractivity contribution in [2.75, 3.05) is 20.1 Å². The van der Waals surface area contributed by atoms with Crippen LogP contribution in [0, 0.1) is 11.3 Å². The second-order valence-corrected chi connectivity index (χ2v) is 6.39. The summed E-state index contributed by atoms with van der Waals surface area (Å²) in [7, 11) is -1.55. The number of nitrogens with zero attached hydrogens (tertiary/aromatic N) is 3. The van der Waals surface area contributed by atoms with Crippen molar-refractivity contribution < 1.29 is 8.42 Å². The van der Waals surface area contributed by atoms with E-state index in [-0.39, 0.29) is 16.6 Å². The SMILES string of the molecule is CN1CCCC1CNS(=O)(=O)c1ccc(C#N)nc1. The maximum Gasteiger partial charge on any atom is 0.242 e. The van der Waals surface area contributed by atoms with E-state index in [4.69, 9.17) is 5.26 Å². The van der Waals surface area contributed by atoms with Gasteiger partial charge in [0.25, 0.3) is 0 Å². The van der Waals surface area contributed by atoms with Gasteiger partial charge in [-0.25, -0.2) is 18.1 Å². The Kier molecular flexibility index (Phi) is 4.14. The van der Waals surface area contributed by atoms with Crippen molar-refractivity contribution in [2.24, 2.45) is 0 Å². The fourth-order valence-corrected chi connectivity index (χ4v) is 3.15. The van der Waals surface area contributed by atoms with Gasteiger partial charge in [0, 0.05) is 18.8 Å². The van der Waals surface area contributed by atoms with Crippen molar-refractivity contribution >= 4 is 10.0 Å². The van der Waals surface area contributed by atoms with Crippen molar-refractivity contribution in [1.29, 1.82) is 5.26 Å². The molecule has 2 rings (SSSR count). The van der Waals surface area contributed by atoms with Crippen LogP contribution >= 0.6 is 0 Å². The number of hydrogen-bond donors (Lipinski definition) is 1. The predicted molar refractivity (Wildman–Crippen MR) is 69.8 cm³/mol. The number of likely N-dealkylation sites (N-methyl/N-ethyl adjacent to an activating group) is 1. The summed E-state index contributed by atoms with van der Waals surface area (Å²) in [6.45, 7) is 1.41. The fraction of sp³-hybridized carbons (Fsp3) is 0.500. The van der Waals surface area contributed by atoms with Gasteiger partial charge in [-0.3, -0.25) is 0 Å². The lowest BCUT2D eigenvalue weighted by Gasteiger charge is -2.19. The summed E-state index contributed by atoms with van der Waals surface area (Å²) in [6.07, 6.45) is 3.31. The molecule has 1 aliphatic heterocycles. The first-order valence-corrected chi connectivity index (χ1v) is 7.57. The standard InChI is InChI=1S/C12H16N4O2S/c1-16-6-2-3-11(16)8-15-19(17,18)12-5-4-10(7-13)14-9-12/h4-5,9,11,15H,2-3,6,8H2,1H3. The molecule has 0 bridgehead atoms. The third-order valence-electron chi connectivity index (χ3n) is 3.34. The van der Waals surface area contributed by atoms with Crippen LogP contribution in [-0.2, 0) is 10.0 Å². The van der Waals surface area contributed by atoms with Crippen molar-refractivity contribution in [1.82, 2.24) is 14.6 Å². The summed E-state index contributed by atoms with van der Waals surface area (Å²) in [5.41, 5.74) is 0.203. The van der Waals surface area contributed by atoms with Gasteiger partial charge in [-0.05, 0) is 38.6 Å². The zero-order valence-electron chi connectivity index (χ0n) is 10.7. The molecule has 1 atom stereocenters. The van der Waals surface area contributed by atoms with Gasteiger partial charge in [-0.15, -0.1) is 0 Å². The minimum absolute atomic E-state index is 0.0900. The highest BCUT2D eigenvalue weighted by Gasteiger charge is 2.23. The van der Waals surface area contributed by atoms with Gasteiger partial charge in [-0.2, -0.15) is 5.26 Å². The highest BCUT2D eigenvalue weighted by molar-refractivity contribution is 7.89. The lowest BCUT2D eigenvalue weighted by Crippen LogP contribution is -2.38. The summed E-state index contributed by atoms with van der Waals surface area (Å²) in [5.74, 6) is 0. The Labute approximate surface area is 113 Å². The van der Waals surface area contributed by atoms with E-state index in [1.807, 2.05) is 13.1 Å². The molecule has 1 aliphatic rings. The number of pyridine rings is 1. The molecule has 0 spiro atoms. The van der Waals surface area contributed by atoms with Gasteiger partial charge in [0.15, 0.2) is 0 Å². The molecule has 0 radical (unpaired) electrons. The molecule has 0 aliphatic carbocycles. The molecular formula is C12H16N4O2S. The van der Waals surface area contributed by atoms with Crippen LogP contribution in [0.25, 0.3) is 0 Å². The molecule has 1 aromatic heterocycles. The Bertz CT molecular complexity index is 577. The molecule has 1 fully saturated rings. The van der Waals surface area contributed by atoms with Crippen LogP contribution in [-0.4, -0.2) is 44.5 Å². The van der Waals surface area contributed by atoms with E-state index in [1.165, 1.54) is 18.3 Å². The number of nitriles is 1. The average molecular weight is 280 g/mol. The topological polar surface area (TPSA) is 86.1 Å². The van der Waals surface area contributed by atoms with E-state index in [9.17, 15) is 8.42 Å². The Morgan fingerprint density at radius 2 is 2.37 bits per heavy atom. The van der Waals surface area contributed by atoms with E-state index in [0.717, 1.165) is 19.4 Å². The van der Waals surface area contributed by atoms with Crippen LogP contribution in [0.15, 0.2) is 23.2 Å². The van der Waals surface area contributed by atoms with Crippen molar-refractivity contribution in [3.05, 3.63) is 24.0 Å². The number of rotatable bonds is 4. The molecule has 102 valence electrons. The minimum atomic E-state index is -3.54. The Morgan fingerprint density at radius 3 is 2.89 bits per heavy atom. The molecule has 0 saturated carbocycles. The maximum atomic E-state index is 12.0. The number of sulfonamides is 1. The molecule has 1 saturated heterocycles. The highest BCUT2D eigenvalue weighted by atomic mass is 32.2.